The molecule has 0 aliphatic carbocycles. The molecule has 4 heteroatoms. The van der Waals surface area contributed by atoms with E-state index in [1.807, 2.05) is 37.3 Å². The van der Waals surface area contributed by atoms with E-state index in [0.29, 0.717) is 19.4 Å². The largest absolute Gasteiger partial charge is 0.344 e. The topological polar surface area (TPSA) is 49.4 Å². The van der Waals surface area contributed by atoms with Crippen LogP contribution in [0.2, 0.25) is 0 Å². The van der Waals surface area contributed by atoms with Crippen molar-refractivity contribution in [2.75, 3.05) is 13.1 Å². The summed E-state index contributed by atoms with van der Waals surface area (Å²) in [6.45, 7) is 3.29. The van der Waals surface area contributed by atoms with Crippen molar-refractivity contribution in [2.45, 2.75) is 32.2 Å². The van der Waals surface area contributed by atoms with Crippen molar-refractivity contribution in [3.8, 4) is 0 Å². The second kappa shape index (κ2) is 6.36. The van der Waals surface area contributed by atoms with Crippen molar-refractivity contribution in [3.05, 3.63) is 35.9 Å². The first-order valence-electron chi connectivity index (χ1n) is 6.82. The molecule has 19 heavy (non-hydrogen) atoms. The minimum absolute atomic E-state index is 0.0344. The van der Waals surface area contributed by atoms with Crippen LogP contribution < -0.4 is 5.32 Å². The number of carbonyl (C=O) groups excluding carboxylic acids is 2. The molecule has 2 amide bonds. The lowest BCUT2D eigenvalue weighted by Gasteiger charge is -2.23. The predicted molar refractivity (Wildman–Crippen MR) is 73.6 cm³/mol. The quantitative estimate of drug-likeness (QED) is 0.888. The number of carbonyl (C=O) groups is 2. The first kappa shape index (κ1) is 13.6. The molecule has 1 aromatic rings. The summed E-state index contributed by atoms with van der Waals surface area (Å²) in [6, 6.07) is 9.37. The summed E-state index contributed by atoms with van der Waals surface area (Å²) in [5.74, 6) is 0.00411. The molecule has 0 saturated carbocycles. The van der Waals surface area contributed by atoms with E-state index in [1.165, 1.54) is 0 Å². The molecule has 0 bridgehead atoms. The maximum Gasteiger partial charge on any atom is 0.245 e. The predicted octanol–water partition coefficient (Wildman–Crippen LogP) is 1.36. The Morgan fingerprint density at radius 3 is 2.68 bits per heavy atom. The summed E-state index contributed by atoms with van der Waals surface area (Å²) in [5, 5.41) is 2.84. The molecule has 0 aromatic heterocycles. The highest BCUT2D eigenvalue weighted by Crippen LogP contribution is 2.10. The zero-order chi connectivity index (χ0) is 13.7. The number of hydrogen-bond donors (Lipinski definition) is 1. The van der Waals surface area contributed by atoms with Crippen molar-refractivity contribution in [2.24, 2.45) is 0 Å². The monoisotopic (exact) mass is 260 g/mol. The SMILES string of the molecule is CCCN1CCC(=O)NC(Cc2ccccc2)C1=O. The number of nitrogens with zero attached hydrogens (tertiary/aromatic N) is 1. The van der Waals surface area contributed by atoms with Gasteiger partial charge in [-0.25, -0.2) is 0 Å². The fourth-order valence-electron chi connectivity index (χ4n) is 2.38. The van der Waals surface area contributed by atoms with Crippen molar-refractivity contribution < 1.29 is 9.59 Å². The molecule has 1 aromatic carbocycles. The average Bonchev–Trinajstić information content (AvgIpc) is 2.54. The van der Waals surface area contributed by atoms with Crippen LogP contribution in [-0.4, -0.2) is 35.8 Å². The Morgan fingerprint density at radius 1 is 1.26 bits per heavy atom. The maximum absolute atomic E-state index is 12.4. The molecule has 1 aliphatic rings. The lowest BCUT2D eigenvalue weighted by Crippen LogP contribution is -2.46. The first-order chi connectivity index (χ1) is 9.20. The molecule has 1 unspecified atom stereocenters. The van der Waals surface area contributed by atoms with Crippen molar-refractivity contribution >= 4 is 11.8 Å². The first-order valence-corrected chi connectivity index (χ1v) is 6.82. The van der Waals surface area contributed by atoms with E-state index in [-0.39, 0.29) is 11.8 Å². The minimum Gasteiger partial charge on any atom is -0.344 e. The van der Waals surface area contributed by atoms with Gasteiger partial charge in [0.15, 0.2) is 0 Å². The zero-order valence-corrected chi connectivity index (χ0v) is 11.3. The molecule has 4 nitrogen and oxygen atoms in total. The smallest absolute Gasteiger partial charge is 0.245 e. The highest BCUT2D eigenvalue weighted by Gasteiger charge is 2.29. The van der Waals surface area contributed by atoms with Crippen molar-refractivity contribution in [3.63, 3.8) is 0 Å². The average molecular weight is 260 g/mol. The van der Waals surface area contributed by atoms with E-state index in [2.05, 4.69) is 5.32 Å². The van der Waals surface area contributed by atoms with Gasteiger partial charge >= 0.3 is 0 Å². The van der Waals surface area contributed by atoms with Gasteiger partial charge in [0.05, 0.1) is 0 Å². The summed E-state index contributed by atoms with van der Waals surface area (Å²) >= 11 is 0. The maximum atomic E-state index is 12.4. The summed E-state index contributed by atoms with van der Waals surface area (Å²) in [4.78, 5) is 25.9. The van der Waals surface area contributed by atoms with Crippen LogP contribution in [-0.2, 0) is 16.0 Å². The normalized spacial score (nSPS) is 20.1. The third-order valence-electron chi connectivity index (χ3n) is 3.33. The van der Waals surface area contributed by atoms with Gasteiger partial charge in [0.1, 0.15) is 6.04 Å². The fourth-order valence-corrected chi connectivity index (χ4v) is 2.38. The number of nitrogens with one attached hydrogen (secondary N) is 1. The molecule has 0 radical (unpaired) electrons. The Balaban J connectivity index is 2.11. The van der Waals surface area contributed by atoms with Crippen LogP contribution in [0.25, 0.3) is 0 Å². The van der Waals surface area contributed by atoms with Gasteiger partial charge in [0.2, 0.25) is 11.8 Å². The molecule has 1 N–H and O–H groups in total. The van der Waals surface area contributed by atoms with Gasteiger partial charge in [0.25, 0.3) is 0 Å². The standard InChI is InChI=1S/C15H20N2O2/c1-2-9-17-10-8-14(18)16-13(15(17)19)11-12-6-4-3-5-7-12/h3-7,13H,2,8-11H2,1H3,(H,16,18). The second-order valence-electron chi connectivity index (χ2n) is 4.89. The van der Waals surface area contributed by atoms with Gasteiger partial charge in [-0.3, -0.25) is 9.59 Å². The van der Waals surface area contributed by atoms with E-state index in [4.69, 9.17) is 0 Å². The van der Waals surface area contributed by atoms with Crippen LogP contribution >= 0.6 is 0 Å². The molecule has 102 valence electrons. The molecule has 1 aliphatic heterocycles. The molecular formula is C15H20N2O2. The summed E-state index contributed by atoms with van der Waals surface area (Å²) in [5.41, 5.74) is 1.07. The van der Waals surface area contributed by atoms with E-state index >= 15 is 0 Å². The van der Waals surface area contributed by atoms with Crippen molar-refractivity contribution in [1.82, 2.24) is 10.2 Å². The summed E-state index contributed by atoms with van der Waals surface area (Å²) in [6.07, 6.45) is 1.88. The van der Waals surface area contributed by atoms with Crippen LogP contribution in [0, 0.1) is 0 Å². The van der Waals surface area contributed by atoms with E-state index in [0.717, 1.165) is 18.5 Å². The summed E-state index contributed by atoms with van der Waals surface area (Å²) < 4.78 is 0. The van der Waals surface area contributed by atoms with Gasteiger partial charge in [-0.05, 0) is 12.0 Å². The molecule has 2 rings (SSSR count). The Kier molecular flexibility index (Phi) is 4.55. The fraction of sp³-hybridized carbons (Fsp3) is 0.467. The highest BCUT2D eigenvalue weighted by atomic mass is 16.2. The van der Waals surface area contributed by atoms with Crippen LogP contribution in [0.5, 0.6) is 0 Å². The van der Waals surface area contributed by atoms with Gasteiger partial charge in [0, 0.05) is 25.9 Å². The Bertz CT molecular complexity index is 445. The van der Waals surface area contributed by atoms with Gasteiger partial charge in [-0.15, -0.1) is 0 Å². The van der Waals surface area contributed by atoms with Crippen LogP contribution in [0.3, 0.4) is 0 Å². The van der Waals surface area contributed by atoms with Gasteiger partial charge in [-0.1, -0.05) is 37.3 Å². The van der Waals surface area contributed by atoms with Gasteiger partial charge in [-0.2, -0.15) is 0 Å². The number of amides is 2. The third kappa shape index (κ3) is 3.56. The Labute approximate surface area is 113 Å². The van der Waals surface area contributed by atoms with Crippen LogP contribution in [0.1, 0.15) is 25.3 Å². The lowest BCUT2D eigenvalue weighted by atomic mass is 10.1. The van der Waals surface area contributed by atoms with Crippen LogP contribution in [0.15, 0.2) is 30.3 Å². The zero-order valence-electron chi connectivity index (χ0n) is 11.3. The number of benzene rings is 1. The van der Waals surface area contributed by atoms with E-state index in [1.54, 1.807) is 4.90 Å². The summed E-state index contributed by atoms with van der Waals surface area (Å²) in [7, 11) is 0. The Morgan fingerprint density at radius 2 is 2.00 bits per heavy atom. The second-order valence-corrected chi connectivity index (χ2v) is 4.89. The molecular weight excluding hydrogens is 240 g/mol. The number of hydrogen-bond acceptors (Lipinski definition) is 2. The molecule has 1 atom stereocenters. The third-order valence-corrected chi connectivity index (χ3v) is 3.33. The molecule has 0 spiro atoms. The highest BCUT2D eigenvalue weighted by molar-refractivity contribution is 5.90. The molecule has 1 saturated heterocycles. The lowest BCUT2D eigenvalue weighted by molar-refractivity contribution is -0.133. The van der Waals surface area contributed by atoms with Gasteiger partial charge < -0.3 is 10.2 Å². The van der Waals surface area contributed by atoms with Crippen LogP contribution in [0.4, 0.5) is 0 Å². The minimum atomic E-state index is -0.427. The Hall–Kier alpha value is -1.84. The van der Waals surface area contributed by atoms with E-state index < -0.39 is 6.04 Å². The molecule has 1 fully saturated rings. The van der Waals surface area contributed by atoms with Crippen molar-refractivity contribution in [1.29, 1.82) is 0 Å². The number of rotatable bonds is 4. The van der Waals surface area contributed by atoms with E-state index in [9.17, 15) is 9.59 Å². The molecule has 1 heterocycles.